The summed E-state index contributed by atoms with van der Waals surface area (Å²) in [6.07, 6.45) is 3.81. The average molecular weight is 274 g/mol. The van der Waals surface area contributed by atoms with Gasteiger partial charge in [-0.2, -0.15) is 0 Å². The van der Waals surface area contributed by atoms with Crippen molar-refractivity contribution in [1.29, 1.82) is 0 Å². The van der Waals surface area contributed by atoms with Gasteiger partial charge in [-0.1, -0.05) is 6.92 Å². The SMILES string of the molecule is CCC1(NS(=O)(=O)c2ccsc2CN)CCC1. The highest BCUT2D eigenvalue weighted by Gasteiger charge is 2.39. The van der Waals surface area contributed by atoms with Gasteiger partial charge in [0.15, 0.2) is 0 Å². The molecule has 0 bridgehead atoms. The molecule has 0 unspecified atom stereocenters. The first-order chi connectivity index (χ1) is 8.03. The van der Waals surface area contributed by atoms with E-state index in [1.165, 1.54) is 11.3 Å². The zero-order valence-corrected chi connectivity index (χ0v) is 11.5. The monoisotopic (exact) mass is 274 g/mol. The molecule has 1 fully saturated rings. The summed E-state index contributed by atoms with van der Waals surface area (Å²) in [5, 5.41) is 1.77. The van der Waals surface area contributed by atoms with Gasteiger partial charge in [0.05, 0.1) is 4.90 Å². The molecule has 3 N–H and O–H groups in total. The van der Waals surface area contributed by atoms with Gasteiger partial charge < -0.3 is 5.73 Å². The van der Waals surface area contributed by atoms with E-state index in [2.05, 4.69) is 4.72 Å². The van der Waals surface area contributed by atoms with Crippen LogP contribution in [0.25, 0.3) is 0 Å². The second-order valence-corrected chi connectivity index (χ2v) is 7.16. The predicted molar refractivity (Wildman–Crippen MR) is 69.4 cm³/mol. The van der Waals surface area contributed by atoms with Crippen molar-refractivity contribution >= 4 is 21.4 Å². The molecule has 0 spiro atoms. The largest absolute Gasteiger partial charge is 0.326 e. The van der Waals surface area contributed by atoms with Gasteiger partial charge in [0, 0.05) is 17.0 Å². The normalized spacial score (nSPS) is 18.9. The van der Waals surface area contributed by atoms with Crippen LogP contribution < -0.4 is 10.5 Å². The summed E-state index contributed by atoms with van der Waals surface area (Å²) in [6.45, 7) is 2.30. The van der Waals surface area contributed by atoms with Crippen LogP contribution >= 0.6 is 11.3 Å². The minimum absolute atomic E-state index is 0.216. The maximum absolute atomic E-state index is 12.3. The fourth-order valence-electron chi connectivity index (χ4n) is 2.19. The molecule has 0 aliphatic heterocycles. The lowest BCUT2D eigenvalue weighted by Gasteiger charge is -2.41. The van der Waals surface area contributed by atoms with Crippen LogP contribution in [-0.4, -0.2) is 14.0 Å². The molecule has 0 atom stereocenters. The highest BCUT2D eigenvalue weighted by molar-refractivity contribution is 7.89. The lowest BCUT2D eigenvalue weighted by Crippen LogP contribution is -2.52. The average Bonchev–Trinajstić information content (AvgIpc) is 2.72. The maximum atomic E-state index is 12.3. The van der Waals surface area contributed by atoms with Gasteiger partial charge in [-0.3, -0.25) is 0 Å². The minimum atomic E-state index is -3.41. The van der Waals surface area contributed by atoms with Gasteiger partial charge in [0.1, 0.15) is 0 Å². The second-order valence-electron chi connectivity index (χ2n) is 4.51. The Balaban J connectivity index is 2.25. The van der Waals surface area contributed by atoms with Crippen LogP contribution in [0, 0.1) is 0 Å². The Hall–Kier alpha value is -0.430. The van der Waals surface area contributed by atoms with Crippen LogP contribution in [-0.2, 0) is 16.6 Å². The molecule has 1 saturated carbocycles. The standard InChI is InChI=1S/C11H18N2O2S2/c1-2-11(5-3-6-11)13-17(14,15)10-4-7-16-9(10)8-12/h4,7,13H,2-3,5-6,8,12H2,1H3. The van der Waals surface area contributed by atoms with Crippen LogP contribution in [0.1, 0.15) is 37.5 Å². The molecule has 0 amide bonds. The van der Waals surface area contributed by atoms with Gasteiger partial charge in [-0.25, -0.2) is 13.1 Å². The number of sulfonamides is 1. The highest BCUT2D eigenvalue weighted by Crippen LogP contribution is 2.36. The zero-order chi connectivity index (χ0) is 12.5. The summed E-state index contributed by atoms with van der Waals surface area (Å²) in [5.74, 6) is 0. The lowest BCUT2D eigenvalue weighted by atomic mass is 9.76. The Morgan fingerprint density at radius 3 is 2.71 bits per heavy atom. The molecule has 4 nitrogen and oxygen atoms in total. The summed E-state index contributed by atoms with van der Waals surface area (Å²) in [4.78, 5) is 1.08. The van der Waals surface area contributed by atoms with Gasteiger partial charge in [-0.05, 0) is 37.1 Å². The first-order valence-electron chi connectivity index (χ1n) is 5.83. The van der Waals surface area contributed by atoms with E-state index >= 15 is 0 Å². The van der Waals surface area contributed by atoms with E-state index in [9.17, 15) is 8.42 Å². The van der Waals surface area contributed by atoms with Crippen molar-refractivity contribution in [2.24, 2.45) is 5.73 Å². The molecule has 1 aromatic heterocycles. The zero-order valence-electron chi connectivity index (χ0n) is 9.90. The van der Waals surface area contributed by atoms with Gasteiger partial charge in [0.25, 0.3) is 0 Å². The van der Waals surface area contributed by atoms with E-state index in [0.29, 0.717) is 4.90 Å². The van der Waals surface area contributed by atoms with E-state index in [1.54, 1.807) is 11.4 Å². The molecular weight excluding hydrogens is 256 g/mol. The van der Waals surface area contributed by atoms with E-state index < -0.39 is 10.0 Å². The summed E-state index contributed by atoms with van der Waals surface area (Å²) in [5.41, 5.74) is 5.34. The van der Waals surface area contributed by atoms with Crippen molar-refractivity contribution in [3.63, 3.8) is 0 Å². The Bertz CT molecular complexity index is 484. The minimum Gasteiger partial charge on any atom is -0.326 e. The van der Waals surface area contributed by atoms with Crippen molar-refractivity contribution in [2.75, 3.05) is 0 Å². The van der Waals surface area contributed by atoms with Crippen molar-refractivity contribution in [3.8, 4) is 0 Å². The summed E-state index contributed by atoms with van der Waals surface area (Å²) >= 11 is 1.39. The molecular formula is C11H18N2O2S2. The molecule has 1 heterocycles. The Morgan fingerprint density at radius 2 is 2.24 bits per heavy atom. The molecule has 2 rings (SSSR count). The first kappa shape index (κ1) is 13.0. The number of nitrogens with two attached hydrogens (primary N) is 1. The van der Waals surface area contributed by atoms with Gasteiger partial charge in [-0.15, -0.1) is 11.3 Å². The van der Waals surface area contributed by atoms with Gasteiger partial charge in [0.2, 0.25) is 10.0 Å². The third-order valence-corrected chi connectivity index (χ3v) is 6.25. The number of nitrogens with one attached hydrogen (secondary N) is 1. The predicted octanol–water partition coefficient (Wildman–Crippen LogP) is 1.82. The van der Waals surface area contributed by atoms with Crippen LogP contribution in [0.2, 0.25) is 0 Å². The van der Waals surface area contributed by atoms with E-state index in [1.807, 2.05) is 6.92 Å². The van der Waals surface area contributed by atoms with Crippen LogP contribution in [0.4, 0.5) is 0 Å². The molecule has 0 radical (unpaired) electrons. The summed E-state index contributed by atoms with van der Waals surface area (Å²) in [7, 11) is -3.41. The summed E-state index contributed by atoms with van der Waals surface area (Å²) in [6, 6.07) is 1.64. The van der Waals surface area contributed by atoms with Crippen LogP contribution in [0.5, 0.6) is 0 Å². The topological polar surface area (TPSA) is 72.2 Å². The van der Waals surface area contributed by atoms with Crippen molar-refractivity contribution in [3.05, 3.63) is 16.3 Å². The smallest absolute Gasteiger partial charge is 0.242 e. The fourth-order valence-corrected chi connectivity index (χ4v) is 5.06. The van der Waals surface area contributed by atoms with Crippen molar-refractivity contribution in [2.45, 2.75) is 49.6 Å². The molecule has 96 valence electrons. The van der Waals surface area contributed by atoms with E-state index in [0.717, 1.165) is 30.6 Å². The molecule has 6 heteroatoms. The first-order valence-corrected chi connectivity index (χ1v) is 8.20. The van der Waals surface area contributed by atoms with Crippen molar-refractivity contribution < 1.29 is 8.42 Å². The number of hydrogen-bond donors (Lipinski definition) is 2. The van der Waals surface area contributed by atoms with Gasteiger partial charge >= 0.3 is 0 Å². The highest BCUT2D eigenvalue weighted by atomic mass is 32.2. The quantitative estimate of drug-likeness (QED) is 0.860. The maximum Gasteiger partial charge on any atom is 0.242 e. The number of thiophene rings is 1. The number of hydrogen-bond acceptors (Lipinski definition) is 4. The molecule has 17 heavy (non-hydrogen) atoms. The Kier molecular flexibility index (Phi) is 3.58. The fraction of sp³-hybridized carbons (Fsp3) is 0.636. The molecule has 0 saturated heterocycles. The molecule has 1 aromatic rings. The third kappa shape index (κ3) is 2.40. The third-order valence-electron chi connectivity index (χ3n) is 3.52. The van der Waals surface area contributed by atoms with E-state index in [4.69, 9.17) is 5.73 Å². The molecule has 1 aliphatic rings. The Labute approximate surface area is 106 Å². The molecule has 0 aromatic carbocycles. The van der Waals surface area contributed by atoms with Crippen LogP contribution in [0.15, 0.2) is 16.3 Å². The number of rotatable bonds is 5. The molecule has 1 aliphatic carbocycles. The van der Waals surface area contributed by atoms with Crippen LogP contribution in [0.3, 0.4) is 0 Å². The lowest BCUT2D eigenvalue weighted by molar-refractivity contribution is 0.214. The summed E-state index contributed by atoms with van der Waals surface area (Å²) < 4.78 is 27.4. The second kappa shape index (κ2) is 4.68. The Morgan fingerprint density at radius 1 is 1.53 bits per heavy atom. The van der Waals surface area contributed by atoms with E-state index in [-0.39, 0.29) is 12.1 Å². The van der Waals surface area contributed by atoms with Crippen molar-refractivity contribution in [1.82, 2.24) is 4.72 Å².